The average Bonchev–Trinajstić information content (AvgIpc) is 3.16. The lowest BCUT2D eigenvalue weighted by atomic mass is 10.2. The van der Waals surface area contributed by atoms with Crippen LogP contribution in [0.3, 0.4) is 0 Å². The van der Waals surface area contributed by atoms with Crippen LogP contribution in [-0.4, -0.2) is 66.6 Å². The van der Waals surface area contributed by atoms with Gasteiger partial charge in [0.15, 0.2) is 0 Å². The minimum Gasteiger partial charge on any atom is -0.353 e. The Labute approximate surface area is 176 Å². The second-order valence-electron chi connectivity index (χ2n) is 7.56. The predicted molar refractivity (Wildman–Crippen MR) is 111 cm³/mol. The van der Waals surface area contributed by atoms with Crippen molar-refractivity contribution in [2.24, 2.45) is 0 Å². The molecule has 0 unspecified atom stereocenters. The zero-order valence-electron chi connectivity index (χ0n) is 16.8. The molecule has 2 amide bonds. The number of anilines is 1. The van der Waals surface area contributed by atoms with Gasteiger partial charge in [-0.2, -0.15) is 0 Å². The molecule has 1 aromatic heterocycles. The van der Waals surface area contributed by atoms with Crippen molar-refractivity contribution in [2.75, 3.05) is 31.1 Å². The van der Waals surface area contributed by atoms with Crippen LogP contribution in [0.1, 0.15) is 18.4 Å². The van der Waals surface area contributed by atoms with E-state index in [9.17, 15) is 18.0 Å². The van der Waals surface area contributed by atoms with E-state index in [1.165, 1.54) is 12.1 Å². The summed E-state index contributed by atoms with van der Waals surface area (Å²) in [5, 5.41) is 0. The number of rotatable bonds is 4. The molecule has 3 heterocycles. The third kappa shape index (κ3) is 3.77. The van der Waals surface area contributed by atoms with Crippen LogP contribution in [0.15, 0.2) is 53.6 Å². The van der Waals surface area contributed by atoms with Crippen molar-refractivity contribution < 1.29 is 18.0 Å². The van der Waals surface area contributed by atoms with E-state index in [2.05, 4.69) is 9.88 Å². The van der Waals surface area contributed by atoms with Crippen LogP contribution in [0.4, 0.5) is 5.82 Å². The van der Waals surface area contributed by atoms with Gasteiger partial charge in [0.2, 0.25) is 11.8 Å². The van der Waals surface area contributed by atoms with E-state index in [0.717, 1.165) is 15.7 Å². The fourth-order valence-corrected chi connectivity index (χ4v) is 5.52. The maximum Gasteiger partial charge on any atom is 0.267 e. The maximum atomic E-state index is 13.2. The standard InChI is InChI=1S/C21H24N4O4S/c1-16-5-7-17(8-6-16)30(28,29)25-18(9-10-20(25)26)21(27)24-14-12-23(13-15-24)19-4-2-3-11-22-19/h2-8,11,18H,9-10,12-15H2,1H3/t18-/m1/s1. The molecule has 2 saturated heterocycles. The number of pyridine rings is 1. The van der Waals surface area contributed by atoms with Crippen LogP contribution >= 0.6 is 0 Å². The third-order valence-corrected chi connectivity index (χ3v) is 7.43. The molecule has 30 heavy (non-hydrogen) atoms. The molecule has 1 atom stereocenters. The number of amides is 2. The molecule has 4 rings (SSSR count). The van der Waals surface area contributed by atoms with Crippen molar-refractivity contribution in [3.05, 3.63) is 54.2 Å². The van der Waals surface area contributed by atoms with Crippen LogP contribution in [0, 0.1) is 6.92 Å². The lowest BCUT2D eigenvalue weighted by Gasteiger charge is -2.37. The average molecular weight is 429 g/mol. The van der Waals surface area contributed by atoms with Crippen LogP contribution in [0.25, 0.3) is 0 Å². The van der Waals surface area contributed by atoms with Crippen molar-refractivity contribution in [1.29, 1.82) is 0 Å². The number of aryl methyl sites for hydroxylation is 1. The molecule has 9 heteroatoms. The van der Waals surface area contributed by atoms with E-state index < -0.39 is 22.0 Å². The Balaban J connectivity index is 1.49. The number of carbonyl (C=O) groups is 2. The molecule has 158 valence electrons. The topological polar surface area (TPSA) is 90.9 Å². The molecule has 2 aliphatic rings. The summed E-state index contributed by atoms with van der Waals surface area (Å²) in [5.41, 5.74) is 0.917. The summed E-state index contributed by atoms with van der Waals surface area (Å²) in [6, 6.07) is 11.0. The van der Waals surface area contributed by atoms with Crippen molar-refractivity contribution in [2.45, 2.75) is 30.7 Å². The summed E-state index contributed by atoms with van der Waals surface area (Å²) in [4.78, 5) is 33.7. The number of piperazine rings is 1. The summed E-state index contributed by atoms with van der Waals surface area (Å²) in [5.74, 6) is 0.0162. The Hall–Kier alpha value is -2.94. The van der Waals surface area contributed by atoms with E-state index in [-0.39, 0.29) is 23.6 Å². The van der Waals surface area contributed by atoms with Gasteiger partial charge in [0.1, 0.15) is 11.9 Å². The first-order valence-electron chi connectivity index (χ1n) is 9.96. The summed E-state index contributed by atoms with van der Waals surface area (Å²) < 4.78 is 27.0. The van der Waals surface area contributed by atoms with Crippen LogP contribution in [-0.2, 0) is 19.6 Å². The van der Waals surface area contributed by atoms with E-state index in [0.29, 0.717) is 26.2 Å². The molecular weight excluding hydrogens is 404 g/mol. The monoisotopic (exact) mass is 428 g/mol. The molecule has 0 bridgehead atoms. The molecule has 0 saturated carbocycles. The maximum absolute atomic E-state index is 13.2. The van der Waals surface area contributed by atoms with E-state index in [4.69, 9.17) is 0 Å². The molecule has 0 N–H and O–H groups in total. The van der Waals surface area contributed by atoms with Crippen LogP contribution in [0.5, 0.6) is 0 Å². The quantitative estimate of drug-likeness (QED) is 0.732. The van der Waals surface area contributed by atoms with Gasteiger partial charge in [-0.3, -0.25) is 9.59 Å². The Kier molecular flexibility index (Phi) is 5.46. The minimum atomic E-state index is -4.08. The highest BCUT2D eigenvalue weighted by atomic mass is 32.2. The Bertz CT molecular complexity index is 1030. The second kappa shape index (κ2) is 8.06. The smallest absolute Gasteiger partial charge is 0.267 e. The van der Waals surface area contributed by atoms with Gasteiger partial charge in [-0.15, -0.1) is 0 Å². The number of aromatic nitrogens is 1. The fourth-order valence-electron chi connectivity index (χ4n) is 3.92. The second-order valence-corrected chi connectivity index (χ2v) is 9.38. The van der Waals surface area contributed by atoms with Gasteiger partial charge in [0.05, 0.1) is 4.90 Å². The largest absolute Gasteiger partial charge is 0.353 e. The Morgan fingerprint density at radius 2 is 1.73 bits per heavy atom. The van der Waals surface area contributed by atoms with E-state index in [1.807, 2.05) is 25.1 Å². The Morgan fingerprint density at radius 3 is 2.37 bits per heavy atom. The highest BCUT2D eigenvalue weighted by molar-refractivity contribution is 7.89. The first-order valence-corrected chi connectivity index (χ1v) is 11.4. The van der Waals surface area contributed by atoms with Crippen LogP contribution < -0.4 is 4.90 Å². The minimum absolute atomic E-state index is 0.0288. The highest BCUT2D eigenvalue weighted by Crippen LogP contribution is 2.29. The SMILES string of the molecule is Cc1ccc(S(=O)(=O)N2C(=O)CC[C@@H]2C(=O)N2CCN(c3ccccn3)CC2)cc1. The third-order valence-electron chi connectivity index (χ3n) is 5.59. The highest BCUT2D eigenvalue weighted by Gasteiger charge is 2.45. The first kappa shape index (κ1) is 20.3. The molecule has 0 spiro atoms. The zero-order chi connectivity index (χ0) is 21.3. The summed E-state index contributed by atoms with van der Waals surface area (Å²) in [7, 11) is -4.08. The van der Waals surface area contributed by atoms with Gasteiger partial charge in [-0.05, 0) is 37.6 Å². The summed E-state index contributed by atoms with van der Waals surface area (Å²) in [6.45, 7) is 3.98. The predicted octanol–water partition coefficient (Wildman–Crippen LogP) is 1.42. The molecule has 0 radical (unpaired) electrons. The number of hydrogen-bond acceptors (Lipinski definition) is 6. The molecule has 8 nitrogen and oxygen atoms in total. The van der Waals surface area contributed by atoms with Gasteiger partial charge in [-0.1, -0.05) is 23.8 Å². The van der Waals surface area contributed by atoms with Crippen molar-refractivity contribution in [3.63, 3.8) is 0 Å². The number of nitrogens with zero attached hydrogens (tertiary/aromatic N) is 4. The molecular formula is C21H24N4O4S. The summed E-state index contributed by atoms with van der Waals surface area (Å²) >= 11 is 0. The fraction of sp³-hybridized carbons (Fsp3) is 0.381. The molecule has 2 aromatic rings. The number of benzene rings is 1. The molecule has 1 aromatic carbocycles. The van der Waals surface area contributed by atoms with Gasteiger partial charge in [0, 0.05) is 38.8 Å². The lowest BCUT2D eigenvalue weighted by Crippen LogP contribution is -2.55. The summed E-state index contributed by atoms with van der Waals surface area (Å²) in [6.07, 6.45) is 1.99. The van der Waals surface area contributed by atoms with Gasteiger partial charge in [0.25, 0.3) is 10.0 Å². The van der Waals surface area contributed by atoms with Crippen molar-refractivity contribution in [3.8, 4) is 0 Å². The number of carbonyl (C=O) groups excluding carboxylic acids is 2. The van der Waals surface area contributed by atoms with E-state index >= 15 is 0 Å². The Morgan fingerprint density at radius 1 is 1.03 bits per heavy atom. The van der Waals surface area contributed by atoms with Gasteiger partial charge >= 0.3 is 0 Å². The first-order chi connectivity index (χ1) is 14.4. The van der Waals surface area contributed by atoms with Crippen molar-refractivity contribution >= 4 is 27.7 Å². The van der Waals surface area contributed by atoms with Gasteiger partial charge in [-0.25, -0.2) is 17.7 Å². The zero-order valence-corrected chi connectivity index (χ0v) is 17.6. The van der Waals surface area contributed by atoms with E-state index in [1.54, 1.807) is 23.2 Å². The molecule has 2 aliphatic heterocycles. The molecule has 2 fully saturated rings. The lowest BCUT2D eigenvalue weighted by molar-refractivity contribution is -0.138. The number of hydrogen-bond donors (Lipinski definition) is 0. The van der Waals surface area contributed by atoms with Gasteiger partial charge < -0.3 is 9.80 Å². The normalized spacial score (nSPS) is 20.0. The number of sulfonamides is 1. The van der Waals surface area contributed by atoms with Crippen LogP contribution in [0.2, 0.25) is 0 Å². The van der Waals surface area contributed by atoms with Crippen molar-refractivity contribution in [1.82, 2.24) is 14.2 Å². The molecule has 0 aliphatic carbocycles.